The largest absolute Gasteiger partial charge is 0.490 e. The summed E-state index contributed by atoms with van der Waals surface area (Å²) in [5.41, 5.74) is 2.58. The van der Waals surface area contributed by atoms with E-state index < -0.39 is 0 Å². The van der Waals surface area contributed by atoms with Gasteiger partial charge in [0.15, 0.2) is 0 Å². The highest BCUT2D eigenvalue weighted by Crippen LogP contribution is 2.32. The van der Waals surface area contributed by atoms with Gasteiger partial charge in [0.2, 0.25) is 0 Å². The summed E-state index contributed by atoms with van der Waals surface area (Å²) in [5, 5.41) is 0. The van der Waals surface area contributed by atoms with Crippen molar-refractivity contribution in [2.24, 2.45) is 0 Å². The highest BCUT2D eigenvalue weighted by atomic mass is 16.5. The number of hydrogen-bond donors (Lipinski definition) is 0. The maximum Gasteiger partial charge on any atom is 0.142 e. The van der Waals surface area contributed by atoms with Crippen molar-refractivity contribution >= 4 is 5.69 Å². The van der Waals surface area contributed by atoms with Crippen molar-refractivity contribution in [3.63, 3.8) is 0 Å². The highest BCUT2D eigenvalue weighted by Gasteiger charge is 2.21. The number of rotatable bonds is 4. The van der Waals surface area contributed by atoms with Gasteiger partial charge in [-0.2, -0.15) is 0 Å². The Morgan fingerprint density at radius 2 is 1.82 bits per heavy atom. The zero-order chi connectivity index (χ0) is 15.5. The number of anilines is 1. The number of nitrogens with zero attached hydrogens (tertiary/aromatic N) is 3. The van der Waals surface area contributed by atoms with Crippen LogP contribution >= 0.6 is 0 Å². The molecule has 2 aliphatic heterocycles. The first kappa shape index (κ1) is 15.6. The van der Waals surface area contributed by atoms with Crippen LogP contribution in [-0.4, -0.2) is 68.3 Å². The molecule has 4 heteroatoms. The van der Waals surface area contributed by atoms with E-state index in [2.05, 4.69) is 53.7 Å². The summed E-state index contributed by atoms with van der Waals surface area (Å²) in [7, 11) is 0. The molecule has 0 N–H and O–H groups in total. The lowest BCUT2D eigenvalue weighted by Gasteiger charge is -2.38. The molecule has 2 aliphatic rings. The Hall–Kier alpha value is -1.26. The van der Waals surface area contributed by atoms with Gasteiger partial charge in [-0.15, -0.1) is 0 Å². The Morgan fingerprint density at radius 3 is 2.55 bits per heavy atom. The average Bonchev–Trinajstić information content (AvgIpc) is 2.53. The van der Waals surface area contributed by atoms with Crippen molar-refractivity contribution in [3.8, 4) is 5.75 Å². The van der Waals surface area contributed by atoms with E-state index in [1.807, 2.05) is 0 Å². The summed E-state index contributed by atoms with van der Waals surface area (Å²) < 4.78 is 5.78. The third-order valence-corrected chi connectivity index (χ3v) is 4.90. The van der Waals surface area contributed by atoms with E-state index >= 15 is 0 Å². The van der Waals surface area contributed by atoms with Gasteiger partial charge in [0.05, 0.1) is 12.2 Å². The van der Waals surface area contributed by atoms with Crippen molar-refractivity contribution in [3.05, 3.63) is 23.8 Å². The number of piperazine rings is 1. The minimum absolute atomic E-state index is 0.677. The number of fused-ring (bicyclic) bond motifs is 1. The van der Waals surface area contributed by atoms with Crippen LogP contribution in [0.1, 0.15) is 19.4 Å². The van der Waals surface area contributed by atoms with E-state index in [9.17, 15) is 0 Å². The fourth-order valence-electron chi connectivity index (χ4n) is 3.38. The number of ether oxygens (including phenoxy) is 1. The summed E-state index contributed by atoms with van der Waals surface area (Å²) in [6, 6.07) is 7.17. The van der Waals surface area contributed by atoms with Gasteiger partial charge in [-0.05, 0) is 38.5 Å². The van der Waals surface area contributed by atoms with Crippen LogP contribution in [0.3, 0.4) is 0 Å². The van der Waals surface area contributed by atoms with Crippen LogP contribution in [0.5, 0.6) is 5.75 Å². The van der Waals surface area contributed by atoms with Crippen molar-refractivity contribution in [1.82, 2.24) is 9.80 Å². The van der Waals surface area contributed by atoms with Crippen LogP contribution in [-0.2, 0) is 0 Å². The molecule has 2 heterocycles. The van der Waals surface area contributed by atoms with Gasteiger partial charge in [0.25, 0.3) is 0 Å². The summed E-state index contributed by atoms with van der Waals surface area (Å²) in [4.78, 5) is 7.66. The molecule has 0 spiro atoms. The smallest absolute Gasteiger partial charge is 0.142 e. The van der Waals surface area contributed by atoms with Gasteiger partial charge < -0.3 is 9.64 Å². The molecule has 1 aromatic rings. The molecule has 0 atom stereocenters. The summed E-state index contributed by atoms with van der Waals surface area (Å²) in [5.74, 6) is 1.04. The molecule has 0 amide bonds. The second-order valence-electron chi connectivity index (χ2n) is 6.78. The molecule has 4 nitrogen and oxygen atoms in total. The molecule has 1 fully saturated rings. The third-order valence-electron chi connectivity index (χ3n) is 4.90. The van der Waals surface area contributed by atoms with E-state index in [-0.39, 0.29) is 0 Å². The molecule has 22 heavy (non-hydrogen) atoms. The Balaban J connectivity index is 1.54. The SMILES string of the molecule is Cc1ccc2c(c1)N(CCN1CCN(C(C)C)CC1)CCO2. The first-order chi connectivity index (χ1) is 10.6. The van der Waals surface area contributed by atoms with Gasteiger partial charge in [-0.3, -0.25) is 9.80 Å². The van der Waals surface area contributed by atoms with Crippen LogP contribution in [0.15, 0.2) is 18.2 Å². The number of benzene rings is 1. The molecule has 0 bridgehead atoms. The second kappa shape index (κ2) is 6.88. The van der Waals surface area contributed by atoms with Crippen LogP contribution in [0.4, 0.5) is 5.69 Å². The number of hydrogen-bond acceptors (Lipinski definition) is 4. The van der Waals surface area contributed by atoms with Crippen LogP contribution in [0.25, 0.3) is 0 Å². The Labute approximate surface area is 134 Å². The van der Waals surface area contributed by atoms with Crippen LogP contribution in [0.2, 0.25) is 0 Å². The van der Waals surface area contributed by atoms with Crippen molar-refractivity contribution in [1.29, 1.82) is 0 Å². The predicted octanol–water partition coefficient (Wildman–Crippen LogP) is 2.22. The first-order valence-electron chi connectivity index (χ1n) is 8.58. The van der Waals surface area contributed by atoms with Crippen LogP contribution in [0, 0.1) is 6.92 Å². The van der Waals surface area contributed by atoms with Gasteiger partial charge >= 0.3 is 0 Å². The van der Waals surface area contributed by atoms with Crippen molar-refractivity contribution in [2.45, 2.75) is 26.8 Å². The third kappa shape index (κ3) is 3.55. The van der Waals surface area contributed by atoms with Crippen molar-refractivity contribution < 1.29 is 4.74 Å². The normalized spacial score (nSPS) is 20.1. The van der Waals surface area contributed by atoms with E-state index in [0.29, 0.717) is 6.04 Å². The molecule has 0 radical (unpaired) electrons. The Kier molecular flexibility index (Phi) is 4.89. The topological polar surface area (TPSA) is 19.0 Å². The van der Waals surface area contributed by atoms with Gasteiger partial charge in [-0.1, -0.05) is 6.07 Å². The van der Waals surface area contributed by atoms with E-state index in [1.54, 1.807) is 0 Å². The molecular formula is C18H29N3O. The minimum Gasteiger partial charge on any atom is -0.490 e. The lowest BCUT2D eigenvalue weighted by molar-refractivity contribution is 0.110. The monoisotopic (exact) mass is 303 g/mol. The lowest BCUT2D eigenvalue weighted by Crippen LogP contribution is -2.50. The average molecular weight is 303 g/mol. The molecule has 122 valence electrons. The Morgan fingerprint density at radius 1 is 1.05 bits per heavy atom. The second-order valence-corrected chi connectivity index (χ2v) is 6.78. The maximum atomic E-state index is 5.78. The van der Waals surface area contributed by atoms with Gasteiger partial charge in [-0.25, -0.2) is 0 Å². The Bertz CT molecular complexity index is 495. The number of aryl methyl sites for hydroxylation is 1. The van der Waals surface area contributed by atoms with E-state index in [0.717, 1.165) is 32.0 Å². The molecule has 1 saturated heterocycles. The fourth-order valence-corrected chi connectivity index (χ4v) is 3.38. The lowest BCUT2D eigenvalue weighted by atomic mass is 10.1. The minimum atomic E-state index is 0.677. The zero-order valence-electron chi connectivity index (χ0n) is 14.2. The molecule has 0 unspecified atom stereocenters. The maximum absolute atomic E-state index is 5.78. The molecular weight excluding hydrogens is 274 g/mol. The standard InChI is InChI=1S/C18H29N3O/c1-15(2)20-9-6-19(7-10-20)8-11-21-12-13-22-18-5-4-16(3)14-17(18)21/h4-5,14-15H,6-13H2,1-3H3. The highest BCUT2D eigenvalue weighted by molar-refractivity contribution is 5.61. The summed E-state index contributed by atoms with van der Waals surface area (Å²) in [6.45, 7) is 15.6. The van der Waals surface area contributed by atoms with Gasteiger partial charge in [0, 0.05) is 45.3 Å². The van der Waals surface area contributed by atoms with E-state index in [4.69, 9.17) is 4.74 Å². The van der Waals surface area contributed by atoms with E-state index in [1.165, 1.54) is 37.4 Å². The van der Waals surface area contributed by atoms with Gasteiger partial charge in [0.1, 0.15) is 12.4 Å². The van der Waals surface area contributed by atoms with Crippen molar-refractivity contribution in [2.75, 3.05) is 57.3 Å². The first-order valence-corrected chi connectivity index (χ1v) is 8.58. The molecule has 3 rings (SSSR count). The quantitative estimate of drug-likeness (QED) is 0.849. The zero-order valence-corrected chi connectivity index (χ0v) is 14.2. The molecule has 0 aliphatic carbocycles. The molecule has 0 saturated carbocycles. The predicted molar refractivity (Wildman–Crippen MR) is 92.0 cm³/mol. The van der Waals surface area contributed by atoms with Crippen LogP contribution < -0.4 is 9.64 Å². The summed E-state index contributed by atoms with van der Waals surface area (Å²) >= 11 is 0. The molecule has 0 aromatic heterocycles. The molecule has 1 aromatic carbocycles. The summed E-state index contributed by atoms with van der Waals surface area (Å²) in [6.07, 6.45) is 0. The fraction of sp³-hybridized carbons (Fsp3) is 0.667.